The number of furan rings is 1. The van der Waals surface area contributed by atoms with Crippen molar-refractivity contribution in [2.45, 2.75) is 33.3 Å². The molecule has 1 aromatic carbocycles. The van der Waals surface area contributed by atoms with E-state index in [0.717, 1.165) is 9.88 Å². The Morgan fingerprint density at radius 2 is 2.22 bits per heavy atom. The van der Waals surface area contributed by atoms with Crippen molar-refractivity contribution in [2.75, 3.05) is 0 Å². The molecule has 0 bridgehead atoms. The van der Waals surface area contributed by atoms with Crippen LogP contribution in [0.2, 0.25) is 0 Å². The average Bonchev–Trinajstić information content (AvgIpc) is 3.07. The van der Waals surface area contributed by atoms with Gasteiger partial charge < -0.3 is 14.3 Å². The Balaban J connectivity index is 1.82. The lowest BCUT2D eigenvalue weighted by Gasteiger charge is -2.04. The van der Waals surface area contributed by atoms with Crippen molar-refractivity contribution < 1.29 is 19.1 Å². The number of thiazole rings is 1. The minimum absolute atomic E-state index is 0.185. The van der Waals surface area contributed by atoms with Gasteiger partial charge in [-0.3, -0.25) is 0 Å². The van der Waals surface area contributed by atoms with Gasteiger partial charge >= 0.3 is 5.97 Å². The van der Waals surface area contributed by atoms with Gasteiger partial charge in [0.2, 0.25) is 0 Å². The summed E-state index contributed by atoms with van der Waals surface area (Å²) in [7, 11) is 0. The quantitative estimate of drug-likeness (QED) is 0.740. The molecule has 0 fully saturated rings. The highest BCUT2D eigenvalue weighted by Gasteiger charge is 2.18. The fourth-order valence-corrected chi connectivity index (χ4v) is 3.20. The maximum atomic E-state index is 11.3. The summed E-state index contributed by atoms with van der Waals surface area (Å²) in [6.45, 7) is 6.27. The van der Waals surface area contributed by atoms with Gasteiger partial charge in [-0.25, -0.2) is 9.78 Å². The van der Waals surface area contributed by atoms with Crippen molar-refractivity contribution in [3.8, 4) is 5.75 Å². The van der Waals surface area contributed by atoms with Crippen LogP contribution in [0.4, 0.5) is 0 Å². The normalized spacial score (nSPS) is 11.3. The second-order valence-corrected chi connectivity index (χ2v) is 6.75. The third kappa shape index (κ3) is 3.07. The van der Waals surface area contributed by atoms with Crippen molar-refractivity contribution in [1.82, 2.24) is 4.98 Å². The van der Waals surface area contributed by atoms with E-state index in [-0.39, 0.29) is 5.56 Å². The number of aromatic carboxylic acids is 1. The van der Waals surface area contributed by atoms with E-state index in [1.54, 1.807) is 36.5 Å². The molecular weight excluding hydrogens is 314 g/mol. The molecule has 0 saturated carbocycles. The molecule has 0 spiro atoms. The van der Waals surface area contributed by atoms with Crippen LogP contribution in [0.5, 0.6) is 5.75 Å². The highest BCUT2D eigenvalue weighted by atomic mass is 32.1. The number of carboxylic acids is 1. The third-order valence-electron chi connectivity index (χ3n) is 3.50. The highest BCUT2D eigenvalue weighted by molar-refractivity contribution is 7.11. The first-order valence-electron chi connectivity index (χ1n) is 7.29. The predicted octanol–water partition coefficient (Wildman–Crippen LogP) is 4.60. The van der Waals surface area contributed by atoms with E-state index in [9.17, 15) is 9.90 Å². The van der Waals surface area contributed by atoms with Crippen molar-refractivity contribution >= 4 is 28.3 Å². The topological polar surface area (TPSA) is 72.6 Å². The lowest BCUT2D eigenvalue weighted by Crippen LogP contribution is -1.97. The molecule has 0 aliphatic carbocycles. The Hall–Kier alpha value is -2.34. The smallest absolute Gasteiger partial charge is 0.339 e. The molecule has 120 valence electrons. The monoisotopic (exact) mass is 331 g/mol. The first kappa shape index (κ1) is 15.6. The van der Waals surface area contributed by atoms with E-state index in [2.05, 4.69) is 18.8 Å². The second kappa shape index (κ2) is 6.04. The molecule has 0 unspecified atom stereocenters. The summed E-state index contributed by atoms with van der Waals surface area (Å²) >= 11 is 1.63. The van der Waals surface area contributed by atoms with Crippen LogP contribution in [0.15, 0.2) is 28.8 Å². The van der Waals surface area contributed by atoms with E-state index < -0.39 is 5.97 Å². The molecule has 3 rings (SSSR count). The Kier molecular flexibility index (Phi) is 4.09. The number of hydrogen-bond acceptors (Lipinski definition) is 5. The van der Waals surface area contributed by atoms with Crippen LogP contribution in [-0.4, -0.2) is 16.1 Å². The second-order valence-electron chi connectivity index (χ2n) is 5.60. The van der Waals surface area contributed by atoms with Gasteiger partial charge in [0.1, 0.15) is 29.3 Å². The zero-order valence-electron chi connectivity index (χ0n) is 13.1. The van der Waals surface area contributed by atoms with Gasteiger partial charge in [-0.05, 0) is 25.1 Å². The average molecular weight is 331 g/mol. The summed E-state index contributed by atoms with van der Waals surface area (Å²) in [6, 6.07) is 5.22. The molecule has 0 atom stereocenters. The summed E-state index contributed by atoms with van der Waals surface area (Å²) < 4.78 is 11.2. The van der Waals surface area contributed by atoms with E-state index >= 15 is 0 Å². The summed E-state index contributed by atoms with van der Waals surface area (Å²) in [5.74, 6) is 0.411. The fourth-order valence-electron chi connectivity index (χ4n) is 2.37. The molecule has 5 nitrogen and oxygen atoms in total. The Morgan fingerprint density at radius 3 is 2.87 bits per heavy atom. The van der Waals surface area contributed by atoms with Gasteiger partial charge in [0.15, 0.2) is 0 Å². The van der Waals surface area contributed by atoms with Crippen LogP contribution in [0.25, 0.3) is 11.0 Å². The fraction of sp³-hybridized carbons (Fsp3) is 0.294. The summed E-state index contributed by atoms with van der Waals surface area (Å²) in [5, 5.41) is 10.9. The molecule has 2 heterocycles. The minimum atomic E-state index is -0.998. The van der Waals surface area contributed by atoms with Crippen molar-refractivity contribution in [1.29, 1.82) is 0 Å². The molecule has 6 heteroatoms. The lowest BCUT2D eigenvalue weighted by atomic mass is 10.1. The summed E-state index contributed by atoms with van der Waals surface area (Å²) in [5.41, 5.74) is 0.734. The first-order valence-corrected chi connectivity index (χ1v) is 8.11. The number of rotatable bonds is 5. The standard InChI is InChI=1S/C17H17NO4S/c1-9(2)16-18-7-12(23-16)8-21-11-4-5-14-13(6-11)15(17(19)20)10(3)22-14/h4-7,9H,8H2,1-3H3,(H,19,20). The Morgan fingerprint density at radius 1 is 1.43 bits per heavy atom. The van der Waals surface area contributed by atoms with Gasteiger partial charge in [-0.2, -0.15) is 0 Å². The van der Waals surface area contributed by atoms with Crippen LogP contribution in [0.1, 0.15) is 45.8 Å². The molecule has 1 N–H and O–H groups in total. The maximum absolute atomic E-state index is 11.3. The van der Waals surface area contributed by atoms with Crippen LogP contribution < -0.4 is 4.74 Å². The first-order chi connectivity index (χ1) is 11.0. The SMILES string of the molecule is Cc1oc2ccc(OCc3cnc(C(C)C)s3)cc2c1C(=O)O. The lowest BCUT2D eigenvalue weighted by molar-refractivity contribution is 0.0697. The number of hydrogen-bond donors (Lipinski definition) is 1. The van der Waals surface area contributed by atoms with Crippen LogP contribution in [0.3, 0.4) is 0 Å². The molecule has 0 saturated heterocycles. The molecule has 3 aromatic rings. The Labute approximate surface area is 137 Å². The minimum Gasteiger partial charge on any atom is -0.488 e. The van der Waals surface area contributed by atoms with Gasteiger partial charge in [0, 0.05) is 17.5 Å². The van der Waals surface area contributed by atoms with E-state index in [1.807, 2.05) is 6.20 Å². The summed E-state index contributed by atoms with van der Waals surface area (Å²) in [4.78, 5) is 16.7. The zero-order valence-corrected chi connectivity index (χ0v) is 13.9. The van der Waals surface area contributed by atoms with Crippen molar-refractivity contribution in [3.63, 3.8) is 0 Å². The van der Waals surface area contributed by atoms with Crippen molar-refractivity contribution in [2.24, 2.45) is 0 Å². The number of aryl methyl sites for hydroxylation is 1. The molecule has 0 radical (unpaired) electrons. The maximum Gasteiger partial charge on any atom is 0.339 e. The van der Waals surface area contributed by atoms with E-state index in [0.29, 0.717) is 35.0 Å². The molecule has 2 aromatic heterocycles. The zero-order chi connectivity index (χ0) is 16.6. The van der Waals surface area contributed by atoms with E-state index in [1.165, 1.54) is 0 Å². The predicted molar refractivity (Wildman–Crippen MR) is 88.4 cm³/mol. The van der Waals surface area contributed by atoms with Crippen LogP contribution in [0, 0.1) is 6.92 Å². The molecular formula is C17H17NO4S. The van der Waals surface area contributed by atoms with Crippen LogP contribution in [-0.2, 0) is 6.61 Å². The third-order valence-corrected chi connectivity index (χ3v) is 4.77. The van der Waals surface area contributed by atoms with Gasteiger partial charge in [-0.15, -0.1) is 11.3 Å². The number of aromatic nitrogens is 1. The number of carboxylic acid groups (broad SMARTS) is 1. The number of fused-ring (bicyclic) bond motifs is 1. The van der Waals surface area contributed by atoms with Crippen molar-refractivity contribution in [3.05, 3.63) is 45.6 Å². The van der Waals surface area contributed by atoms with Crippen LogP contribution >= 0.6 is 11.3 Å². The number of carbonyl (C=O) groups is 1. The number of nitrogens with zero attached hydrogens (tertiary/aromatic N) is 1. The molecule has 23 heavy (non-hydrogen) atoms. The number of ether oxygens (including phenoxy) is 1. The van der Waals surface area contributed by atoms with Gasteiger partial charge in [0.05, 0.1) is 9.88 Å². The van der Waals surface area contributed by atoms with Gasteiger partial charge in [-0.1, -0.05) is 13.8 Å². The van der Waals surface area contributed by atoms with E-state index in [4.69, 9.17) is 9.15 Å². The Bertz CT molecular complexity index is 863. The molecule has 0 aliphatic heterocycles. The highest BCUT2D eigenvalue weighted by Crippen LogP contribution is 2.30. The molecule has 0 amide bonds. The largest absolute Gasteiger partial charge is 0.488 e. The molecule has 0 aliphatic rings. The number of benzene rings is 1. The summed E-state index contributed by atoms with van der Waals surface area (Å²) in [6.07, 6.45) is 1.82. The van der Waals surface area contributed by atoms with Gasteiger partial charge in [0.25, 0.3) is 0 Å².